The summed E-state index contributed by atoms with van der Waals surface area (Å²) in [6.07, 6.45) is 1.30. The molecule has 0 bridgehead atoms. The molecule has 2 unspecified atom stereocenters. The maximum atomic E-state index is 11.2. The molecule has 1 saturated heterocycles. The zero-order chi connectivity index (χ0) is 9.35. The molecule has 2 atom stereocenters. The number of nitrogens with one attached hydrogen (secondary N) is 1. The van der Waals surface area contributed by atoms with Crippen LogP contribution in [0.25, 0.3) is 0 Å². The zero-order valence-corrected chi connectivity index (χ0v) is 8.56. The summed E-state index contributed by atoms with van der Waals surface area (Å²) in [6.45, 7) is 5.34. The summed E-state index contributed by atoms with van der Waals surface area (Å²) in [5.74, 6) is 0. The second-order valence-electron chi connectivity index (χ2n) is 3.26. The van der Waals surface area contributed by atoms with E-state index in [0.29, 0.717) is 6.54 Å². The Morgan fingerprint density at radius 1 is 1.58 bits per heavy atom. The number of nitrogens with zero attached hydrogens (tertiary/aromatic N) is 1. The molecule has 1 aliphatic rings. The van der Waals surface area contributed by atoms with Crippen LogP contribution in [0, 0.1) is 0 Å². The van der Waals surface area contributed by atoms with Gasteiger partial charge in [0.25, 0.3) is 0 Å². The van der Waals surface area contributed by atoms with Gasteiger partial charge in [0.05, 0.1) is 5.25 Å². The van der Waals surface area contributed by atoms with Crippen molar-refractivity contribution in [3.8, 4) is 0 Å². The first-order valence-corrected chi connectivity index (χ1v) is 6.11. The molecule has 1 aliphatic heterocycles. The Balaban J connectivity index is 2.74. The van der Waals surface area contributed by atoms with E-state index >= 15 is 0 Å². The van der Waals surface area contributed by atoms with Crippen LogP contribution in [0.3, 0.4) is 0 Å². The van der Waals surface area contributed by atoms with Gasteiger partial charge >= 0.3 is 0 Å². The maximum absolute atomic E-state index is 11.2. The van der Waals surface area contributed by atoms with Gasteiger partial charge in [-0.1, -0.05) is 6.92 Å². The molecule has 1 fully saturated rings. The molecule has 0 aromatic heterocycles. The molecule has 72 valence electrons. The zero-order valence-electron chi connectivity index (χ0n) is 7.74. The highest BCUT2D eigenvalue weighted by molar-refractivity contribution is 7.91. The average Bonchev–Trinajstić information content (AvgIpc) is 2.29. The summed E-state index contributed by atoms with van der Waals surface area (Å²) in [6, 6.07) is 0.0880. The first kappa shape index (κ1) is 9.95. The van der Waals surface area contributed by atoms with Crippen molar-refractivity contribution in [2.75, 3.05) is 19.3 Å². The Kier molecular flexibility index (Phi) is 2.75. The third-order valence-electron chi connectivity index (χ3n) is 2.42. The van der Waals surface area contributed by atoms with E-state index in [1.165, 1.54) is 6.26 Å². The quantitative estimate of drug-likeness (QED) is 0.648. The van der Waals surface area contributed by atoms with Crippen LogP contribution in [-0.2, 0) is 9.84 Å². The molecule has 4 nitrogen and oxygen atoms in total. The fraction of sp³-hybridized carbons (Fsp3) is 1.00. The van der Waals surface area contributed by atoms with Crippen LogP contribution in [0.5, 0.6) is 0 Å². The second-order valence-corrected chi connectivity index (χ2v) is 5.52. The van der Waals surface area contributed by atoms with Crippen molar-refractivity contribution in [3.05, 3.63) is 0 Å². The first-order chi connectivity index (χ1) is 5.46. The fourth-order valence-electron chi connectivity index (χ4n) is 1.63. The summed E-state index contributed by atoms with van der Waals surface area (Å²) in [4.78, 5) is 0. The normalized spacial score (nSPS) is 32.6. The van der Waals surface area contributed by atoms with E-state index in [2.05, 4.69) is 5.43 Å². The molecule has 0 amide bonds. The minimum Gasteiger partial charge on any atom is -0.254 e. The minimum atomic E-state index is -2.90. The third-order valence-corrected chi connectivity index (χ3v) is 4.08. The minimum absolute atomic E-state index is 0.0880. The van der Waals surface area contributed by atoms with E-state index < -0.39 is 9.84 Å². The highest BCUT2D eigenvalue weighted by Gasteiger charge is 2.36. The molecule has 1 N–H and O–H groups in total. The van der Waals surface area contributed by atoms with Gasteiger partial charge in [0.2, 0.25) is 0 Å². The van der Waals surface area contributed by atoms with Crippen molar-refractivity contribution < 1.29 is 8.42 Å². The lowest BCUT2D eigenvalue weighted by Crippen LogP contribution is -2.38. The molecule has 0 spiro atoms. The monoisotopic (exact) mass is 192 g/mol. The third kappa shape index (κ3) is 1.78. The van der Waals surface area contributed by atoms with Crippen LogP contribution >= 0.6 is 0 Å². The fourth-order valence-corrected chi connectivity index (χ4v) is 2.87. The number of hydrogen-bond acceptors (Lipinski definition) is 4. The Morgan fingerprint density at radius 2 is 2.17 bits per heavy atom. The second kappa shape index (κ2) is 3.32. The van der Waals surface area contributed by atoms with Crippen molar-refractivity contribution in [2.24, 2.45) is 0 Å². The summed E-state index contributed by atoms with van der Waals surface area (Å²) in [5.41, 5.74) is 3.07. The molecule has 0 aromatic carbocycles. The van der Waals surface area contributed by atoms with Gasteiger partial charge in [-0.2, -0.15) is 0 Å². The Hall–Kier alpha value is -0.130. The Bertz CT molecular complexity index is 250. The standard InChI is InChI=1S/C7H16N2O2S/c1-4-9-6(2)7(5-8-9)12(3,10)11/h6-8H,4-5H2,1-3H3. The van der Waals surface area contributed by atoms with Gasteiger partial charge in [0, 0.05) is 25.4 Å². The highest BCUT2D eigenvalue weighted by atomic mass is 32.2. The van der Waals surface area contributed by atoms with Crippen LogP contribution < -0.4 is 5.43 Å². The lowest BCUT2D eigenvalue weighted by molar-refractivity contribution is 0.210. The number of sulfone groups is 1. The van der Waals surface area contributed by atoms with Crippen LogP contribution in [0.4, 0.5) is 0 Å². The van der Waals surface area contributed by atoms with E-state index in [9.17, 15) is 8.42 Å². The van der Waals surface area contributed by atoms with Crippen molar-refractivity contribution in [2.45, 2.75) is 25.1 Å². The predicted molar refractivity (Wildman–Crippen MR) is 48.5 cm³/mol. The summed E-state index contributed by atoms with van der Waals surface area (Å²) in [7, 11) is -2.90. The van der Waals surface area contributed by atoms with Crippen molar-refractivity contribution in [1.82, 2.24) is 10.4 Å². The summed E-state index contributed by atoms with van der Waals surface area (Å²) < 4.78 is 22.5. The van der Waals surface area contributed by atoms with Crippen LogP contribution in [0.2, 0.25) is 0 Å². The number of rotatable bonds is 2. The number of hydrogen-bond donors (Lipinski definition) is 1. The SMILES string of the molecule is CCN1NCC(S(C)(=O)=O)C1C. The molecule has 0 radical (unpaired) electrons. The van der Waals surface area contributed by atoms with Gasteiger partial charge in [-0.25, -0.2) is 13.4 Å². The van der Waals surface area contributed by atoms with Crippen LogP contribution in [0.1, 0.15) is 13.8 Å². The molecule has 5 heteroatoms. The molecule has 0 aromatic rings. The smallest absolute Gasteiger partial charge is 0.153 e. The van der Waals surface area contributed by atoms with Gasteiger partial charge in [0.1, 0.15) is 0 Å². The van der Waals surface area contributed by atoms with Crippen molar-refractivity contribution in [1.29, 1.82) is 0 Å². The van der Waals surface area contributed by atoms with Gasteiger partial charge in [0.15, 0.2) is 9.84 Å². The average molecular weight is 192 g/mol. The van der Waals surface area contributed by atoms with Crippen molar-refractivity contribution in [3.63, 3.8) is 0 Å². The molecule has 0 saturated carbocycles. The van der Waals surface area contributed by atoms with Gasteiger partial charge in [-0.3, -0.25) is 5.43 Å². The van der Waals surface area contributed by atoms with Crippen molar-refractivity contribution >= 4 is 9.84 Å². The van der Waals surface area contributed by atoms with E-state index in [1.54, 1.807) is 0 Å². The van der Waals surface area contributed by atoms with E-state index in [-0.39, 0.29) is 11.3 Å². The Labute approximate surface area is 73.8 Å². The predicted octanol–water partition coefficient (Wildman–Crippen LogP) is -0.372. The van der Waals surface area contributed by atoms with Crippen LogP contribution in [-0.4, -0.2) is 44.1 Å². The Morgan fingerprint density at radius 3 is 2.42 bits per heavy atom. The van der Waals surface area contributed by atoms with E-state index in [0.717, 1.165) is 6.54 Å². The summed E-state index contributed by atoms with van der Waals surface area (Å²) >= 11 is 0. The highest BCUT2D eigenvalue weighted by Crippen LogP contribution is 2.15. The first-order valence-electron chi connectivity index (χ1n) is 4.15. The lowest BCUT2D eigenvalue weighted by Gasteiger charge is -2.20. The molecule has 1 rings (SSSR count). The van der Waals surface area contributed by atoms with E-state index in [4.69, 9.17) is 0 Å². The van der Waals surface area contributed by atoms with Gasteiger partial charge in [-0.15, -0.1) is 0 Å². The molecule has 12 heavy (non-hydrogen) atoms. The van der Waals surface area contributed by atoms with Gasteiger partial charge < -0.3 is 0 Å². The maximum Gasteiger partial charge on any atom is 0.153 e. The topological polar surface area (TPSA) is 49.4 Å². The van der Waals surface area contributed by atoms with E-state index in [1.807, 2.05) is 18.9 Å². The summed E-state index contributed by atoms with van der Waals surface area (Å²) in [5, 5.41) is 1.71. The molecular weight excluding hydrogens is 176 g/mol. The molecule has 1 heterocycles. The molecular formula is C7H16N2O2S. The largest absolute Gasteiger partial charge is 0.254 e. The molecule has 0 aliphatic carbocycles. The lowest BCUT2D eigenvalue weighted by atomic mass is 10.2. The number of hydrazine groups is 1. The van der Waals surface area contributed by atoms with Gasteiger partial charge in [-0.05, 0) is 6.92 Å². The van der Waals surface area contributed by atoms with Crippen LogP contribution in [0.15, 0.2) is 0 Å².